The first-order valence-electron chi connectivity index (χ1n) is 4.24. The normalized spacial score (nSPS) is 15.7. The molecule has 0 aliphatic carbocycles. The van der Waals surface area contributed by atoms with Gasteiger partial charge in [0.1, 0.15) is 0 Å². The minimum atomic E-state index is -2.92. The molecule has 6 heteroatoms. The van der Waals surface area contributed by atoms with Gasteiger partial charge in [0.2, 0.25) is 0 Å². The monoisotopic (exact) mass is 212 g/mol. The standard InChI is InChI=1S/C9H12N2O4/c1-8(11(14)15,9(10,12)13)7-5-3-2-4-6-7/h2-6,12-13H,10H2,1H3. The van der Waals surface area contributed by atoms with E-state index in [1.165, 1.54) is 12.1 Å². The van der Waals surface area contributed by atoms with Crippen LogP contribution in [0.3, 0.4) is 0 Å². The van der Waals surface area contributed by atoms with Gasteiger partial charge in [-0.2, -0.15) is 0 Å². The fraction of sp³-hybridized carbons (Fsp3) is 0.333. The van der Waals surface area contributed by atoms with Crippen LogP contribution in [0.5, 0.6) is 0 Å². The van der Waals surface area contributed by atoms with Crippen molar-refractivity contribution in [2.45, 2.75) is 18.4 Å². The van der Waals surface area contributed by atoms with Crippen molar-refractivity contribution in [3.63, 3.8) is 0 Å². The topological polar surface area (TPSA) is 110 Å². The molecule has 0 aliphatic heterocycles. The molecule has 0 bridgehead atoms. The molecule has 0 aliphatic rings. The summed E-state index contributed by atoms with van der Waals surface area (Å²) < 4.78 is 0. The van der Waals surface area contributed by atoms with Crippen LogP contribution >= 0.6 is 0 Å². The molecule has 4 N–H and O–H groups in total. The Balaban J connectivity index is 3.32. The van der Waals surface area contributed by atoms with E-state index in [9.17, 15) is 20.3 Å². The highest BCUT2D eigenvalue weighted by Crippen LogP contribution is 2.31. The van der Waals surface area contributed by atoms with E-state index in [0.29, 0.717) is 0 Å². The van der Waals surface area contributed by atoms with Crippen molar-refractivity contribution < 1.29 is 15.1 Å². The lowest BCUT2D eigenvalue weighted by molar-refractivity contribution is -0.618. The Morgan fingerprint density at radius 2 is 1.80 bits per heavy atom. The van der Waals surface area contributed by atoms with Crippen LogP contribution in [0, 0.1) is 10.1 Å². The number of nitrogens with two attached hydrogens (primary N) is 1. The average Bonchev–Trinajstić information content (AvgIpc) is 2.16. The number of benzene rings is 1. The van der Waals surface area contributed by atoms with E-state index >= 15 is 0 Å². The minimum absolute atomic E-state index is 0.127. The molecule has 0 saturated carbocycles. The molecule has 1 rings (SSSR count). The Morgan fingerprint density at radius 1 is 1.33 bits per heavy atom. The molecule has 15 heavy (non-hydrogen) atoms. The van der Waals surface area contributed by atoms with Crippen LogP contribution in [0.2, 0.25) is 0 Å². The highest BCUT2D eigenvalue weighted by molar-refractivity contribution is 5.23. The summed E-state index contributed by atoms with van der Waals surface area (Å²) in [6.45, 7) is 1.06. The zero-order valence-corrected chi connectivity index (χ0v) is 8.12. The summed E-state index contributed by atoms with van der Waals surface area (Å²) in [6, 6.07) is 7.61. The Hall–Kier alpha value is -1.50. The van der Waals surface area contributed by atoms with Crippen LogP contribution in [-0.2, 0) is 5.54 Å². The summed E-state index contributed by atoms with van der Waals surface area (Å²) >= 11 is 0. The van der Waals surface area contributed by atoms with Crippen LogP contribution in [0.15, 0.2) is 30.3 Å². The fourth-order valence-corrected chi connectivity index (χ4v) is 1.21. The zero-order valence-electron chi connectivity index (χ0n) is 8.12. The first kappa shape index (κ1) is 11.6. The number of aliphatic hydroxyl groups is 2. The quantitative estimate of drug-likeness (QED) is 0.364. The molecule has 6 nitrogen and oxygen atoms in total. The lowest BCUT2D eigenvalue weighted by atomic mass is 9.89. The van der Waals surface area contributed by atoms with Crippen LogP contribution in [0.1, 0.15) is 12.5 Å². The van der Waals surface area contributed by atoms with Crippen LogP contribution in [0.25, 0.3) is 0 Å². The third-order valence-corrected chi connectivity index (χ3v) is 2.42. The predicted molar refractivity (Wildman–Crippen MR) is 52.1 cm³/mol. The molecule has 0 amide bonds. The van der Waals surface area contributed by atoms with Crippen molar-refractivity contribution in [3.05, 3.63) is 46.0 Å². The summed E-state index contributed by atoms with van der Waals surface area (Å²) in [7, 11) is 0. The predicted octanol–water partition coefficient (Wildman–Crippen LogP) is -0.224. The van der Waals surface area contributed by atoms with Gasteiger partial charge >= 0.3 is 5.54 Å². The molecule has 0 fully saturated rings. The Bertz CT molecular complexity index is 360. The third-order valence-electron chi connectivity index (χ3n) is 2.42. The lowest BCUT2D eigenvalue weighted by Gasteiger charge is -2.30. The van der Waals surface area contributed by atoms with E-state index < -0.39 is 16.4 Å². The molecule has 1 aromatic rings. The Morgan fingerprint density at radius 3 is 2.13 bits per heavy atom. The maximum atomic E-state index is 10.9. The van der Waals surface area contributed by atoms with Crippen molar-refractivity contribution in [2.24, 2.45) is 5.73 Å². The van der Waals surface area contributed by atoms with Gasteiger partial charge in [0.15, 0.2) is 0 Å². The number of rotatable bonds is 3. The number of hydrogen-bond donors (Lipinski definition) is 3. The van der Waals surface area contributed by atoms with E-state index in [2.05, 4.69) is 0 Å². The molecule has 1 atom stereocenters. The highest BCUT2D eigenvalue weighted by atomic mass is 16.6. The van der Waals surface area contributed by atoms with Gasteiger partial charge in [0.25, 0.3) is 5.91 Å². The van der Waals surface area contributed by atoms with Crippen molar-refractivity contribution in [2.75, 3.05) is 0 Å². The van der Waals surface area contributed by atoms with Crippen LogP contribution in [0.4, 0.5) is 0 Å². The van der Waals surface area contributed by atoms with Crippen LogP contribution < -0.4 is 5.73 Å². The maximum Gasteiger partial charge on any atom is 0.311 e. The van der Waals surface area contributed by atoms with E-state index in [4.69, 9.17) is 5.73 Å². The van der Waals surface area contributed by atoms with Gasteiger partial charge in [-0.1, -0.05) is 30.3 Å². The van der Waals surface area contributed by atoms with Crippen molar-refractivity contribution >= 4 is 0 Å². The van der Waals surface area contributed by atoms with Crippen molar-refractivity contribution in [1.82, 2.24) is 0 Å². The summed E-state index contributed by atoms with van der Waals surface area (Å²) in [6.07, 6.45) is 0. The van der Waals surface area contributed by atoms with Crippen molar-refractivity contribution in [3.8, 4) is 0 Å². The molecule has 0 saturated heterocycles. The molecule has 1 unspecified atom stereocenters. The van der Waals surface area contributed by atoms with Gasteiger partial charge in [0, 0.05) is 17.4 Å². The highest BCUT2D eigenvalue weighted by Gasteiger charge is 2.56. The maximum absolute atomic E-state index is 10.9. The first-order valence-corrected chi connectivity index (χ1v) is 4.24. The second kappa shape index (κ2) is 3.58. The lowest BCUT2D eigenvalue weighted by Crippen LogP contribution is -2.60. The summed E-state index contributed by atoms with van der Waals surface area (Å²) in [5.74, 6) is -2.92. The largest absolute Gasteiger partial charge is 0.348 e. The fourth-order valence-electron chi connectivity index (χ4n) is 1.21. The van der Waals surface area contributed by atoms with E-state index in [0.717, 1.165) is 6.92 Å². The number of nitro groups is 1. The summed E-state index contributed by atoms with van der Waals surface area (Å²) in [5.41, 5.74) is 2.99. The molecular weight excluding hydrogens is 200 g/mol. The number of hydrogen-bond acceptors (Lipinski definition) is 5. The van der Waals surface area contributed by atoms with E-state index in [1.807, 2.05) is 0 Å². The molecule has 0 heterocycles. The smallest absolute Gasteiger partial charge is 0.311 e. The third kappa shape index (κ3) is 1.82. The minimum Gasteiger partial charge on any atom is -0.348 e. The van der Waals surface area contributed by atoms with Gasteiger partial charge in [-0.15, -0.1) is 0 Å². The van der Waals surface area contributed by atoms with Gasteiger partial charge in [-0.25, -0.2) is 0 Å². The van der Waals surface area contributed by atoms with Gasteiger partial charge in [-0.3, -0.25) is 15.8 Å². The van der Waals surface area contributed by atoms with E-state index in [-0.39, 0.29) is 5.56 Å². The second-order valence-electron chi connectivity index (χ2n) is 3.42. The molecule has 0 aromatic heterocycles. The van der Waals surface area contributed by atoms with Gasteiger partial charge < -0.3 is 10.2 Å². The van der Waals surface area contributed by atoms with Crippen molar-refractivity contribution in [1.29, 1.82) is 0 Å². The second-order valence-corrected chi connectivity index (χ2v) is 3.42. The molecule has 1 aromatic carbocycles. The molecule has 82 valence electrons. The average molecular weight is 212 g/mol. The van der Waals surface area contributed by atoms with Gasteiger partial charge in [-0.05, 0) is 0 Å². The Labute approximate surface area is 86.1 Å². The zero-order chi connectivity index (χ0) is 11.7. The molecule has 0 radical (unpaired) electrons. The molecular formula is C9H12N2O4. The van der Waals surface area contributed by atoms with E-state index in [1.54, 1.807) is 18.2 Å². The Kier molecular flexibility index (Phi) is 2.76. The molecule has 0 spiro atoms. The summed E-state index contributed by atoms with van der Waals surface area (Å²) in [4.78, 5) is 10.1. The SMILES string of the molecule is CC(c1ccccc1)([N+](=O)[O-])C(N)(O)O. The summed E-state index contributed by atoms with van der Waals surface area (Å²) in [5, 5.41) is 29.4. The van der Waals surface area contributed by atoms with Crippen LogP contribution in [-0.4, -0.2) is 21.0 Å². The number of nitrogens with zero attached hydrogens (tertiary/aromatic N) is 1. The van der Waals surface area contributed by atoms with Gasteiger partial charge in [0.05, 0.1) is 0 Å². The first-order chi connectivity index (χ1) is 6.80.